The first-order chi connectivity index (χ1) is 17.2. The number of anilines is 1. The lowest BCUT2D eigenvalue weighted by Gasteiger charge is -2.17. The Morgan fingerprint density at radius 2 is 1.67 bits per heavy atom. The van der Waals surface area contributed by atoms with Gasteiger partial charge in [0.25, 0.3) is 5.91 Å². The summed E-state index contributed by atoms with van der Waals surface area (Å²) in [4.78, 5) is 20.9. The molecule has 186 valence electrons. The average Bonchev–Trinajstić information content (AvgIpc) is 3.14. The second kappa shape index (κ2) is 10.9. The van der Waals surface area contributed by atoms with Gasteiger partial charge in [-0.05, 0) is 133 Å². The van der Waals surface area contributed by atoms with Crippen LogP contribution in [-0.4, -0.2) is 24.8 Å². The Morgan fingerprint density at radius 3 is 2.31 bits per heavy atom. The van der Waals surface area contributed by atoms with Crippen molar-refractivity contribution in [3.05, 3.63) is 85.7 Å². The molecule has 0 aliphatic carbocycles. The van der Waals surface area contributed by atoms with Gasteiger partial charge in [0.05, 0.1) is 34.5 Å². The maximum atomic E-state index is 13.7. The Kier molecular flexibility index (Phi) is 7.91. The number of aryl methyl sites for hydroxylation is 4. The zero-order valence-electron chi connectivity index (χ0n) is 21.3. The molecule has 4 rings (SSSR count). The van der Waals surface area contributed by atoms with Crippen LogP contribution in [0.15, 0.2) is 62.9 Å². The molecule has 0 radical (unpaired) electrons. The van der Waals surface area contributed by atoms with Crippen molar-refractivity contribution in [1.82, 2.24) is 0 Å². The van der Waals surface area contributed by atoms with Crippen LogP contribution in [0.5, 0.6) is 11.5 Å². The van der Waals surface area contributed by atoms with Gasteiger partial charge in [-0.25, -0.2) is 4.99 Å². The number of halogens is 1. The third kappa shape index (κ3) is 5.37. The fourth-order valence-corrected chi connectivity index (χ4v) is 5.38. The maximum Gasteiger partial charge on any atom is 0.271 e. The molecule has 0 aromatic heterocycles. The van der Waals surface area contributed by atoms with Crippen LogP contribution in [0, 0.1) is 27.7 Å². The highest BCUT2D eigenvalue weighted by molar-refractivity contribution is 9.10. The van der Waals surface area contributed by atoms with E-state index in [9.17, 15) is 4.79 Å². The Hall–Kier alpha value is -3.03. The summed E-state index contributed by atoms with van der Waals surface area (Å²) >= 11 is 4.94. The molecule has 1 saturated heterocycles. The number of amides is 1. The number of thioether (sulfide) groups is 1. The molecule has 0 unspecified atom stereocenters. The van der Waals surface area contributed by atoms with Crippen molar-refractivity contribution in [2.75, 3.05) is 18.6 Å². The fraction of sp³-hybridized carbons (Fsp3) is 0.241. The first-order valence-corrected chi connectivity index (χ1v) is 13.3. The second-order valence-electron chi connectivity index (χ2n) is 8.65. The molecule has 7 heteroatoms. The monoisotopic (exact) mass is 564 g/mol. The summed E-state index contributed by atoms with van der Waals surface area (Å²) in [6.45, 7) is 10.7. The number of carbonyl (C=O) groups excluding carboxylic acids is 1. The number of amidine groups is 1. The minimum absolute atomic E-state index is 0.116. The van der Waals surface area contributed by atoms with Gasteiger partial charge in [-0.15, -0.1) is 0 Å². The van der Waals surface area contributed by atoms with E-state index in [4.69, 9.17) is 14.5 Å². The molecule has 1 heterocycles. The van der Waals surface area contributed by atoms with E-state index in [1.807, 2.05) is 62.4 Å². The van der Waals surface area contributed by atoms with Gasteiger partial charge in [-0.2, -0.15) is 0 Å². The van der Waals surface area contributed by atoms with Crippen molar-refractivity contribution < 1.29 is 14.3 Å². The van der Waals surface area contributed by atoms with Crippen molar-refractivity contribution in [1.29, 1.82) is 0 Å². The van der Waals surface area contributed by atoms with E-state index in [1.54, 1.807) is 12.0 Å². The Balaban J connectivity index is 1.80. The number of ether oxygens (including phenoxy) is 2. The van der Waals surface area contributed by atoms with Crippen LogP contribution in [0.4, 0.5) is 11.4 Å². The maximum absolute atomic E-state index is 13.7. The lowest BCUT2D eigenvalue weighted by molar-refractivity contribution is -0.113. The largest absolute Gasteiger partial charge is 0.493 e. The van der Waals surface area contributed by atoms with Crippen LogP contribution in [0.1, 0.15) is 34.7 Å². The van der Waals surface area contributed by atoms with Crippen molar-refractivity contribution in [2.45, 2.75) is 34.6 Å². The molecule has 0 N–H and O–H groups in total. The number of nitrogens with zero attached hydrogens (tertiary/aromatic N) is 2. The van der Waals surface area contributed by atoms with Crippen LogP contribution in [0.2, 0.25) is 0 Å². The summed E-state index contributed by atoms with van der Waals surface area (Å²) in [6, 6.07) is 15.9. The zero-order valence-corrected chi connectivity index (χ0v) is 23.7. The molecule has 0 saturated carbocycles. The molecule has 0 bridgehead atoms. The van der Waals surface area contributed by atoms with Gasteiger partial charge in [0, 0.05) is 0 Å². The standard InChI is InChI=1S/C29H29BrN2O3S/c1-7-35-27-24(30)14-21(15-25(27)34-6)16-26-28(33)32(23-11-9-18(3)20(5)13-23)29(36-26)31-22-10-8-17(2)19(4)12-22/h8-16H,7H2,1-6H3/b26-16-,31-29?. The van der Waals surface area contributed by atoms with E-state index < -0.39 is 0 Å². The number of hydrogen-bond acceptors (Lipinski definition) is 5. The normalized spacial score (nSPS) is 15.8. The van der Waals surface area contributed by atoms with Crippen LogP contribution in [0.3, 0.4) is 0 Å². The minimum atomic E-state index is -0.116. The average molecular weight is 566 g/mol. The quantitative estimate of drug-likeness (QED) is 0.285. The summed E-state index contributed by atoms with van der Waals surface area (Å²) in [7, 11) is 1.60. The molecular weight excluding hydrogens is 536 g/mol. The lowest BCUT2D eigenvalue weighted by Crippen LogP contribution is -2.28. The van der Waals surface area contributed by atoms with E-state index in [-0.39, 0.29) is 5.91 Å². The molecule has 1 aliphatic rings. The molecule has 5 nitrogen and oxygen atoms in total. The molecule has 0 atom stereocenters. The minimum Gasteiger partial charge on any atom is -0.493 e. The highest BCUT2D eigenvalue weighted by Gasteiger charge is 2.35. The van der Waals surface area contributed by atoms with Crippen molar-refractivity contribution in [2.24, 2.45) is 4.99 Å². The number of rotatable bonds is 6. The summed E-state index contributed by atoms with van der Waals surface area (Å²) in [5, 5.41) is 0.620. The third-order valence-corrected chi connectivity index (χ3v) is 7.67. The van der Waals surface area contributed by atoms with Gasteiger partial charge in [0.2, 0.25) is 0 Å². The molecule has 36 heavy (non-hydrogen) atoms. The van der Waals surface area contributed by atoms with Gasteiger partial charge >= 0.3 is 0 Å². The molecule has 3 aromatic carbocycles. The smallest absolute Gasteiger partial charge is 0.271 e. The van der Waals surface area contributed by atoms with Crippen molar-refractivity contribution in [3.63, 3.8) is 0 Å². The Morgan fingerprint density at radius 1 is 0.972 bits per heavy atom. The molecule has 1 amide bonds. The first kappa shape index (κ1) is 26.0. The molecule has 1 aliphatic heterocycles. The van der Waals surface area contributed by atoms with Crippen molar-refractivity contribution in [3.8, 4) is 11.5 Å². The number of hydrogen-bond donors (Lipinski definition) is 0. The third-order valence-electron chi connectivity index (χ3n) is 6.11. The Labute approximate surface area is 225 Å². The van der Waals surface area contributed by atoms with Gasteiger partial charge in [0.1, 0.15) is 0 Å². The highest BCUT2D eigenvalue weighted by Crippen LogP contribution is 2.41. The predicted octanol–water partition coefficient (Wildman–Crippen LogP) is 7.90. The number of aliphatic imine (C=N–C) groups is 1. The number of carbonyl (C=O) groups is 1. The van der Waals surface area contributed by atoms with Crippen LogP contribution in [0.25, 0.3) is 6.08 Å². The lowest BCUT2D eigenvalue weighted by atomic mass is 10.1. The van der Waals surface area contributed by atoms with Crippen molar-refractivity contribution >= 4 is 56.2 Å². The SMILES string of the molecule is CCOc1c(Br)cc(/C=C2\SC(=Nc3ccc(C)c(C)c3)N(c3ccc(C)c(C)c3)C2=O)cc1OC. The first-order valence-electron chi connectivity index (χ1n) is 11.7. The fourth-order valence-electron chi connectivity index (χ4n) is 3.81. The molecular formula is C29H29BrN2O3S. The van der Waals surface area contributed by atoms with Gasteiger partial charge in [-0.1, -0.05) is 12.1 Å². The summed E-state index contributed by atoms with van der Waals surface area (Å²) < 4.78 is 12.0. The van der Waals surface area contributed by atoms with Crippen LogP contribution < -0.4 is 14.4 Å². The van der Waals surface area contributed by atoms with Gasteiger partial charge in [-0.3, -0.25) is 9.69 Å². The number of benzene rings is 3. The molecule has 3 aromatic rings. The second-order valence-corrected chi connectivity index (χ2v) is 10.5. The highest BCUT2D eigenvalue weighted by atomic mass is 79.9. The zero-order chi connectivity index (χ0) is 26.0. The Bertz CT molecular complexity index is 1400. The van der Waals surface area contributed by atoms with Gasteiger partial charge < -0.3 is 9.47 Å². The summed E-state index contributed by atoms with van der Waals surface area (Å²) in [5.74, 6) is 1.12. The summed E-state index contributed by atoms with van der Waals surface area (Å²) in [5.41, 5.74) is 7.09. The van der Waals surface area contributed by atoms with E-state index in [2.05, 4.69) is 42.8 Å². The molecule has 0 spiro atoms. The van der Waals surface area contributed by atoms with E-state index in [0.29, 0.717) is 28.2 Å². The van der Waals surface area contributed by atoms with Crippen LogP contribution in [-0.2, 0) is 4.79 Å². The van der Waals surface area contributed by atoms with E-state index in [1.165, 1.54) is 22.9 Å². The number of methoxy groups -OCH3 is 1. The summed E-state index contributed by atoms with van der Waals surface area (Å²) in [6.07, 6.45) is 1.87. The van der Waals surface area contributed by atoms with Gasteiger partial charge in [0.15, 0.2) is 16.7 Å². The van der Waals surface area contributed by atoms with E-state index >= 15 is 0 Å². The van der Waals surface area contributed by atoms with Crippen LogP contribution >= 0.6 is 27.7 Å². The predicted molar refractivity (Wildman–Crippen MR) is 154 cm³/mol. The topological polar surface area (TPSA) is 51.1 Å². The molecule has 1 fully saturated rings. The van der Waals surface area contributed by atoms with E-state index in [0.717, 1.165) is 32.5 Å².